The van der Waals surface area contributed by atoms with Gasteiger partial charge in [0.1, 0.15) is 18.2 Å². The maximum absolute atomic E-state index is 13.6. The van der Waals surface area contributed by atoms with Crippen molar-refractivity contribution < 1.29 is 42.1 Å². The van der Waals surface area contributed by atoms with Crippen LogP contribution in [0.25, 0.3) is 0 Å². The van der Waals surface area contributed by atoms with Crippen LogP contribution in [0.2, 0.25) is 0 Å². The molecule has 0 aromatic heterocycles. The molecule has 0 fully saturated rings. The van der Waals surface area contributed by atoms with Gasteiger partial charge < -0.3 is 29.5 Å². The molecule has 41 heavy (non-hydrogen) atoms. The van der Waals surface area contributed by atoms with Gasteiger partial charge in [0.25, 0.3) is 0 Å². The minimum absolute atomic E-state index is 0.106. The molecule has 220 valence electrons. The molecular formula is C30H33F3N2O6. The molecule has 11 heteroatoms. The Hall–Kier alpha value is -4.09. The van der Waals surface area contributed by atoms with Gasteiger partial charge in [0.05, 0.1) is 13.2 Å². The van der Waals surface area contributed by atoms with E-state index in [9.17, 15) is 27.9 Å². The Morgan fingerprint density at radius 2 is 1.61 bits per heavy atom. The van der Waals surface area contributed by atoms with Gasteiger partial charge in [-0.05, 0) is 60.9 Å². The number of carboxylic acid groups (broad SMARTS) is 1. The maximum Gasteiger partial charge on any atom is 0.333 e. The van der Waals surface area contributed by atoms with Gasteiger partial charge in [-0.15, -0.1) is 0 Å². The molecule has 3 aromatic carbocycles. The number of hydrogen-bond donors (Lipinski definition) is 2. The van der Waals surface area contributed by atoms with Gasteiger partial charge in [0, 0.05) is 37.9 Å². The lowest BCUT2D eigenvalue weighted by molar-refractivity contribution is -0.149. The van der Waals surface area contributed by atoms with E-state index in [4.69, 9.17) is 14.2 Å². The zero-order chi connectivity index (χ0) is 29.6. The van der Waals surface area contributed by atoms with Crippen LogP contribution in [-0.4, -0.2) is 61.0 Å². The SMILES string of the molecule is CCOC(Cc1ccc(OCCN(CCCOCc2ccc(F)cc2)C(=O)Nc2ccc(F)c(F)c2)cc1)C(=O)O. The highest BCUT2D eigenvalue weighted by atomic mass is 19.2. The molecule has 0 aliphatic rings. The average molecular weight is 575 g/mol. The van der Waals surface area contributed by atoms with Crippen LogP contribution in [0.3, 0.4) is 0 Å². The fourth-order valence-corrected chi connectivity index (χ4v) is 3.85. The number of anilines is 1. The van der Waals surface area contributed by atoms with Crippen LogP contribution in [-0.2, 0) is 27.3 Å². The fraction of sp³-hybridized carbons (Fsp3) is 0.333. The summed E-state index contributed by atoms with van der Waals surface area (Å²) in [6.07, 6.45) is -0.246. The average Bonchev–Trinajstić information content (AvgIpc) is 2.95. The van der Waals surface area contributed by atoms with E-state index in [1.54, 1.807) is 43.3 Å². The number of rotatable bonds is 16. The van der Waals surface area contributed by atoms with E-state index in [2.05, 4.69) is 5.32 Å². The maximum atomic E-state index is 13.6. The summed E-state index contributed by atoms with van der Waals surface area (Å²) >= 11 is 0. The monoisotopic (exact) mass is 574 g/mol. The number of nitrogens with zero attached hydrogens (tertiary/aromatic N) is 1. The molecular weight excluding hydrogens is 541 g/mol. The van der Waals surface area contributed by atoms with Crippen LogP contribution in [0, 0.1) is 17.5 Å². The highest BCUT2D eigenvalue weighted by molar-refractivity contribution is 5.89. The second-order valence-corrected chi connectivity index (χ2v) is 9.06. The Kier molecular flexibility index (Phi) is 12.5. The largest absolute Gasteiger partial charge is 0.492 e. The molecule has 0 heterocycles. The molecule has 0 aliphatic carbocycles. The smallest absolute Gasteiger partial charge is 0.333 e. The van der Waals surface area contributed by atoms with Crippen molar-refractivity contribution in [3.63, 3.8) is 0 Å². The summed E-state index contributed by atoms with van der Waals surface area (Å²) < 4.78 is 56.6. The minimum atomic E-state index is -1.08. The number of amides is 2. The van der Waals surface area contributed by atoms with Crippen molar-refractivity contribution in [2.24, 2.45) is 0 Å². The molecule has 3 aromatic rings. The zero-order valence-electron chi connectivity index (χ0n) is 22.7. The van der Waals surface area contributed by atoms with Crippen LogP contribution in [0.1, 0.15) is 24.5 Å². The van der Waals surface area contributed by atoms with Crippen molar-refractivity contribution in [1.29, 1.82) is 0 Å². The van der Waals surface area contributed by atoms with Gasteiger partial charge in [0.2, 0.25) is 0 Å². The molecule has 2 N–H and O–H groups in total. The summed E-state index contributed by atoms with van der Waals surface area (Å²) in [6, 6.07) is 15.4. The van der Waals surface area contributed by atoms with Crippen molar-refractivity contribution in [3.05, 3.63) is 95.3 Å². The second-order valence-electron chi connectivity index (χ2n) is 9.06. The van der Waals surface area contributed by atoms with Crippen LogP contribution in [0.5, 0.6) is 5.75 Å². The molecule has 1 unspecified atom stereocenters. The van der Waals surface area contributed by atoms with Crippen LogP contribution in [0.4, 0.5) is 23.7 Å². The topological polar surface area (TPSA) is 97.3 Å². The molecule has 2 amide bonds. The lowest BCUT2D eigenvalue weighted by atomic mass is 10.1. The summed E-state index contributed by atoms with van der Waals surface area (Å²) in [6.45, 7) is 3.24. The van der Waals surface area contributed by atoms with Crippen LogP contribution < -0.4 is 10.1 Å². The Balaban J connectivity index is 1.53. The fourth-order valence-electron chi connectivity index (χ4n) is 3.85. The van der Waals surface area contributed by atoms with Crippen molar-refractivity contribution >= 4 is 17.7 Å². The number of benzene rings is 3. The summed E-state index contributed by atoms with van der Waals surface area (Å²) in [5.41, 5.74) is 1.69. The van der Waals surface area contributed by atoms with Gasteiger partial charge in [-0.1, -0.05) is 24.3 Å². The number of carboxylic acids is 1. The number of urea groups is 1. The molecule has 3 rings (SSSR count). The molecule has 0 spiro atoms. The van der Waals surface area contributed by atoms with Crippen molar-refractivity contribution in [2.75, 3.05) is 38.2 Å². The number of carbonyl (C=O) groups excluding carboxylic acids is 1. The summed E-state index contributed by atoms with van der Waals surface area (Å²) in [5, 5.41) is 11.8. The lowest BCUT2D eigenvalue weighted by Gasteiger charge is -2.23. The highest BCUT2D eigenvalue weighted by Crippen LogP contribution is 2.16. The van der Waals surface area contributed by atoms with Gasteiger partial charge >= 0.3 is 12.0 Å². The Labute approximate surface area is 236 Å². The number of aliphatic carboxylic acids is 1. The minimum Gasteiger partial charge on any atom is -0.492 e. The van der Waals surface area contributed by atoms with Crippen molar-refractivity contribution in [3.8, 4) is 5.75 Å². The molecule has 0 radical (unpaired) electrons. The van der Waals surface area contributed by atoms with Crippen LogP contribution >= 0.6 is 0 Å². The molecule has 0 saturated carbocycles. The molecule has 8 nitrogen and oxygen atoms in total. The van der Waals surface area contributed by atoms with E-state index in [0.29, 0.717) is 25.4 Å². The van der Waals surface area contributed by atoms with Gasteiger partial charge in [-0.3, -0.25) is 0 Å². The number of nitrogens with one attached hydrogen (secondary N) is 1. The third-order valence-corrected chi connectivity index (χ3v) is 5.97. The van der Waals surface area contributed by atoms with E-state index in [-0.39, 0.29) is 44.2 Å². The zero-order valence-corrected chi connectivity index (χ0v) is 22.7. The molecule has 0 aliphatic heterocycles. The normalized spacial score (nSPS) is 11.6. The molecule has 0 bridgehead atoms. The number of carbonyl (C=O) groups is 2. The van der Waals surface area contributed by atoms with Crippen molar-refractivity contribution in [1.82, 2.24) is 4.90 Å². The van der Waals surface area contributed by atoms with E-state index in [1.165, 1.54) is 23.1 Å². The molecule has 1 atom stereocenters. The first kappa shape index (κ1) is 31.4. The van der Waals surface area contributed by atoms with Crippen LogP contribution in [0.15, 0.2) is 66.7 Å². The van der Waals surface area contributed by atoms with E-state index >= 15 is 0 Å². The highest BCUT2D eigenvalue weighted by Gasteiger charge is 2.18. The predicted molar refractivity (Wildman–Crippen MR) is 146 cm³/mol. The molecule has 0 saturated heterocycles. The quantitative estimate of drug-likeness (QED) is 0.215. The van der Waals surface area contributed by atoms with Crippen molar-refractivity contribution in [2.45, 2.75) is 32.5 Å². The Bertz CT molecular complexity index is 1260. The first-order valence-electron chi connectivity index (χ1n) is 13.1. The first-order valence-corrected chi connectivity index (χ1v) is 13.1. The van der Waals surface area contributed by atoms with E-state index < -0.39 is 29.7 Å². The van der Waals surface area contributed by atoms with E-state index in [1.807, 2.05) is 0 Å². The third-order valence-electron chi connectivity index (χ3n) is 5.97. The lowest BCUT2D eigenvalue weighted by Crippen LogP contribution is -2.39. The Morgan fingerprint density at radius 3 is 2.27 bits per heavy atom. The van der Waals surface area contributed by atoms with Gasteiger partial charge in [-0.2, -0.15) is 0 Å². The summed E-state index contributed by atoms with van der Waals surface area (Å²) in [7, 11) is 0. The Morgan fingerprint density at radius 1 is 0.902 bits per heavy atom. The third kappa shape index (κ3) is 10.8. The van der Waals surface area contributed by atoms with Gasteiger partial charge in [0.15, 0.2) is 17.7 Å². The number of hydrogen-bond acceptors (Lipinski definition) is 5. The first-order chi connectivity index (χ1) is 19.7. The second kappa shape index (κ2) is 16.2. The van der Waals surface area contributed by atoms with E-state index in [0.717, 1.165) is 23.3 Å². The predicted octanol–water partition coefficient (Wildman–Crippen LogP) is 5.66. The summed E-state index contributed by atoms with van der Waals surface area (Å²) in [4.78, 5) is 25.7. The number of ether oxygens (including phenoxy) is 3. The summed E-state index contributed by atoms with van der Waals surface area (Å²) in [5.74, 6) is -2.93. The van der Waals surface area contributed by atoms with Gasteiger partial charge in [-0.25, -0.2) is 22.8 Å². The number of halogens is 3. The standard InChI is InChI=1S/C30H33F3N2O6/c1-2-40-28(29(36)37)18-21-6-11-25(12-7-21)41-17-15-35(30(38)34-24-10-13-26(32)27(33)19-24)14-3-16-39-20-22-4-8-23(31)9-5-22/h4-13,19,28H,2-3,14-18,20H2,1H3,(H,34,38)(H,36,37).